The summed E-state index contributed by atoms with van der Waals surface area (Å²) < 4.78 is 0. The number of nitrogens with one attached hydrogen (secondary N) is 1. The zero-order chi connectivity index (χ0) is 36.0. The highest BCUT2D eigenvalue weighted by Crippen LogP contribution is 2.38. The molecule has 3 aromatic rings. The van der Waals surface area contributed by atoms with E-state index in [0.717, 1.165) is 36.0 Å². The van der Waals surface area contributed by atoms with Gasteiger partial charge in [-0.25, -0.2) is 0 Å². The molecule has 2 fully saturated rings. The number of aromatic nitrogens is 1. The van der Waals surface area contributed by atoms with Crippen molar-refractivity contribution < 1.29 is 0 Å². The van der Waals surface area contributed by atoms with Gasteiger partial charge in [0.05, 0.1) is 0 Å². The molecule has 1 aromatic heterocycles. The first kappa shape index (κ1) is 42.1. The molecule has 272 valence electrons. The van der Waals surface area contributed by atoms with Crippen molar-refractivity contribution in [2.45, 2.75) is 167 Å². The van der Waals surface area contributed by atoms with E-state index in [1.54, 1.807) is 0 Å². The Labute approximate surface area is 299 Å². The summed E-state index contributed by atoms with van der Waals surface area (Å²) in [4.78, 5) is 3.31. The minimum absolute atomic E-state index is 0.352. The molecule has 2 aliphatic carbocycles. The summed E-state index contributed by atoms with van der Waals surface area (Å²) in [6.07, 6.45) is 19.3. The first-order chi connectivity index (χ1) is 22.3. The van der Waals surface area contributed by atoms with Crippen molar-refractivity contribution in [3.05, 3.63) is 71.9 Å². The Morgan fingerprint density at radius 2 is 1.08 bits per heavy atom. The second kappa shape index (κ2) is 20.0. The number of benzene rings is 2. The number of rotatable bonds is 7. The van der Waals surface area contributed by atoms with Gasteiger partial charge in [0.1, 0.15) is 0 Å². The third kappa shape index (κ3) is 17.1. The molecule has 2 unspecified atom stereocenters. The fourth-order valence-electron chi connectivity index (χ4n) is 6.79. The van der Waals surface area contributed by atoms with Gasteiger partial charge in [-0.05, 0) is 88.7 Å². The fourth-order valence-corrected chi connectivity index (χ4v) is 6.79. The molecule has 0 amide bonds. The molecule has 48 heavy (non-hydrogen) atoms. The Bertz CT molecular complexity index is 1230. The van der Waals surface area contributed by atoms with E-state index in [2.05, 4.69) is 156 Å². The predicted molar refractivity (Wildman–Crippen MR) is 217 cm³/mol. The predicted octanol–water partition coefficient (Wildman–Crippen LogP) is 15.1. The summed E-state index contributed by atoms with van der Waals surface area (Å²) in [6, 6.07) is 19.1. The Balaban J connectivity index is 0.000000224. The van der Waals surface area contributed by atoms with E-state index >= 15 is 0 Å². The Kier molecular flexibility index (Phi) is 17.5. The molecule has 5 rings (SSSR count). The van der Waals surface area contributed by atoms with E-state index in [0.29, 0.717) is 16.2 Å². The molecular weight excluding hydrogens is 579 g/mol. The molecule has 0 aliphatic heterocycles. The van der Waals surface area contributed by atoms with Crippen LogP contribution in [0.2, 0.25) is 0 Å². The maximum Gasteiger partial charge on any atom is 0.0456 e. The van der Waals surface area contributed by atoms with Crippen LogP contribution in [-0.2, 0) is 12.8 Å². The van der Waals surface area contributed by atoms with Crippen LogP contribution in [0.3, 0.4) is 0 Å². The lowest BCUT2D eigenvalue weighted by atomic mass is 9.72. The third-order valence-corrected chi connectivity index (χ3v) is 11.2. The topological polar surface area (TPSA) is 15.8 Å². The lowest BCUT2D eigenvalue weighted by Gasteiger charge is -2.34. The second-order valence-electron chi connectivity index (χ2n) is 19.5. The molecular formula is C47H79N. The van der Waals surface area contributed by atoms with E-state index in [-0.39, 0.29) is 0 Å². The van der Waals surface area contributed by atoms with Gasteiger partial charge < -0.3 is 4.98 Å². The molecule has 1 heterocycles. The standard InChI is InChI=1S/C13H17N.C13H26.C11H22.C10H14/c1-13(2,3)8-10-9-14-12-7-5-4-6-11(10)12;1-11(13(2,3)4)10-12-8-6-5-7-9-12;1-9(11(2,3)4)8-10-6-5-7-10;1-9(2)8-10-6-4-3-5-7-10/h4-7,9,14H,8H2,1-3H3;11-12H,5-10H2,1-4H3;9-10H,5-8H2,1-4H3;3-7,9H,8H2,1-2H3. The molecule has 1 heteroatoms. The van der Waals surface area contributed by atoms with Crippen LogP contribution in [-0.4, -0.2) is 4.98 Å². The van der Waals surface area contributed by atoms with E-state index in [9.17, 15) is 0 Å². The second-order valence-corrected chi connectivity index (χ2v) is 19.5. The minimum Gasteiger partial charge on any atom is -0.361 e. The summed E-state index contributed by atoms with van der Waals surface area (Å²) in [6.45, 7) is 30.3. The van der Waals surface area contributed by atoms with Gasteiger partial charge in [0.25, 0.3) is 0 Å². The summed E-state index contributed by atoms with van der Waals surface area (Å²) in [7, 11) is 0. The maximum atomic E-state index is 3.31. The molecule has 2 atom stereocenters. The molecule has 0 bridgehead atoms. The highest BCUT2D eigenvalue weighted by molar-refractivity contribution is 5.83. The molecule has 2 saturated carbocycles. The molecule has 2 aromatic carbocycles. The van der Waals surface area contributed by atoms with Gasteiger partial charge in [-0.3, -0.25) is 0 Å². The first-order valence-electron chi connectivity index (χ1n) is 19.9. The van der Waals surface area contributed by atoms with Crippen LogP contribution in [0, 0.1) is 45.8 Å². The lowest BCUT2D eigenvalue weighted by Crippen LogP contribution is -2.23. The molecule has 1 N–H and O–H groups in total. The van der Waals surface area contributed by atoms with Crippen molar-refractivity contribution in [2.75, 3.05) is 0 Å². The molecule has 0 radical (unpaired) electrons. The van der Waals surface area contributed by atoms with Crippen molar-refractivity contribution >= 4 is 10.9 Å². The van der Waals surface area contributed by atoms with Crippen LogP contribution in [0.15, 0.2) is 60.8 Å². The molecule has 0 saturated heterocycles. The van der Waals surface area contributed by atoms with Crippen LogP contribution in [0.5, 0.6) is 0 Å². The largest absolute Gasteiger partial charge is 0.361 e. The van der Waals surface area contributed by atoms with E-state index in [4.69, 9.17) is 0 Å². The number of hydrogen-bond acceptors (Lipinski definition) is 0. The van der Waals surface area contributed by atoms with E-state index < -0.39 is 0 Å². The summed E-state index contributed by atoms with van der Waals surface area (Å²) in [5.41, 5.74) is 5.50. The normalized spacial score (nSPS) is 17.2. The molecule has 0 spiro atoms. The van der Waals surface area contributed by atoms with Gasteiger partial charge in [-0.1, -0.05) is 190 Å². The number of H-pyrrole nitrogens is 1. The minimum atomic E-state index is 0.352. The zero-order valence-corrected chi connectivity index (χ0v) is 34.1. The Hall–Kier alpha value is -2.02. The number of hydrogen-bond donors (Lipinski definition) is 1. The monoisotopic (exact) mass is 658 g/mol. The van der Waals surface area contributed by atoms with Crippen LogP contribution >= 0.6 is 0 Å². The summed E-state index contributed by atoms with van der Waals surface area (Å²) in [5.74, 6) is 4.66. The summed E-state index contributed by atoms with van der Waals surface area (Å²) in [5, 5.41) is 1.36. The highest BCUT2D eigenvalue weighted by atomic mass is 14.7. The van der Waals surface area contributed by atoms with Crippen molar-refractivity contribution in [3.8, 4) is 0 Å². The Morgan fingerprint density at radius 3 is 1.52 bits per heavy atom. The van der Waals surface area contributed by atoms with Crippen molar-refractivity contribution in [1.29, 1.82) is 0 Å². The number of aromatic amines is 1. The highest BCUT2D eigenvalue weighted by Gasteiger charge is 2.26. The molecule has 1 nitrogen and oxygen atoms in total. The first-order valence-corrected chi connectivity index (χ1v) is 19.9. The van der Waals surface area contributed by atoms with Gasteiger partial charge in [0.2, 0.25) is 0 Å². The van der Waals surface area contributed by atoms with Gasteiger partial charge in [-0.15, -0.1) is 0 Å². The number of fused-ring (bicyclic) bond motifs is 1. The number of para-hydroxylation sites is 1. The van der Waals surface area contributed by atoms with Gasteiger partial charge >= 0.3 is 0 Å². The maximum absolute atomic E-state index is 3.31. The van der Waals surface area contributed by atoms with Crippen molar-refractivity contribution in [2.24, 2.45) is 45.8 Å². The Morgan fingerprint density at radius 1 is 0.604 bits per heavy atom. The van der Waals surface area contributed by atoms with E-state index in [1.807, 2.05) is 0 Å². The quantitative estimate of drug-likeness (QED) is 0.260. The smallest absolute Gasteiger partial charge is 0.0456 e. The summed E-state index contributed by atoms with van der Waals surface area (Å²) >= 11 is 0. The van der Waals surface area contributed by atoms with Crippen molar-refractivity contribution in [1.82, 2.24) is 4.98 Å². The van der Waals surface area contributed by atoms with Crippen LogP contribution in [0.4, 0.5) is 0 Å². The SMILES string of the molecule is CC(C)(C)Cc1c[nH]c2ccccc12.CC(C)Cc1ccccc1.CC(CC1CCC1)C(C)(C)C.CC(CC1CCCCC1)C(C)(C)C. The average molecular weight is 658 g/mol. The molecule has 2 aliphatic rings. The van der Waals surface area contributed by atoms with Crippen molar-refractivity contribution in [3.63, 3.8) is 0 Å². The zero-order valence-electron chi connectivity index (χ0n) is 34.1. The van der Waals surface area contributed by atoms with E-state index in [1.165, 1.54) is 92.7 Å². The van der Waals surface area contributed by atoms with Gasteiger partial charge in [0.15, 0.2) is 0 Å². The van der Waals surface area contributed by atoms with Crippen LogP contribution < -0.4 is 0 Å². The van der Waals surface area contributed by atoms with Crippen LogP contribution in [0.25, 0.3) is 10.9 Å². The van der Waals surface area contributed by atoms with Gasteiger partial charge in [-0.2, -0.15) is 0 Å². The lowest BCUT2D eigenvalue weighted by molar-refractivity contribution is 0.171. The van der Waals surface area contributed by atoms with Crippen LogP contribution in [0.1, 0.15) is 165 Å². The van der Waals surface area contributed by atoms with Gasteiger partial charge in [0, 0.05) is 17.1 Å². The fraction of sp³-hybridized carbons (Fsp3) is 0.702. The third-order valence-electron chi connectivity index (χ3n) is 11.2. The average Bonchev–Trinajstić information content (AvgIpc) is 3.37.